The molecule has 0 radical (unpaired) electrons. The highest BCUT2D eigenvalue weighted by molar-refractivity contribution is 7.98. The average molecular weight is 563 g/mol. The van der Waals surface area contributed by atoms with Crippen LogP contribution in [0.1, 0.15) is 33.1 Å². The highest BCUT2D eigenvalue weighted by Gasteiger charge is 2.34. The molecule has 1 aromatic heterocycles. The third-order valence-electron chi connectivity index (χ3n) is 6.76. The summed E-state index contributed by atoms with van der Waals surface area (Å²) >= 11 is 2.93. The second kappa shape index (κ2) is 11.0. The average Bonchev–Trinajstić information content (AvgIpc) is 3.31. The number of rotatable bonds is 6. The van der Waals surface area contributed by atoms with Crippen molar-refractivity contribution < 1.29 is 9.18 Å². The van der Waals surface area contributed by atoms with Gasteiger partial charge in [-0.15, -0.1) is 11.8 Å². The molecule has 2 heterocycles. The number of fused-ring (bicyclic) bond motifs is 1. The Kier molecular flexibility index (Phi) is 7.15. The van der Waals surface area contributed by atoms with Crippen molar-refractivity contribution in [2.24, 2.45) is 4.99 Å². The van der Waals surface area contributed by atoms with Gasteiger partial charge in [0.2, 0.25) is 0 Å². The van der Waals surface area contributed by atoms with E-state index in [2.05, 4.69) is 0 Å². The molecular formula is C33H23FN2O2S2. The molecule has 5 aromatic rings. The van der Waals surface area contributed by atoms with Crippen LogP contribution in [0.3, 0.4) is 0 Å². The Morgan fingerprint density at radius 2 is 1.55 bits per heavy atom. The topological polar surface area (TPSA) is 51.4 Å². The van der Waals surface area contributed by atoms with Gasteiger partial charge in [0, 0.05) is 16.0 Å². The molecule has 0 aliphatic carbocycles. The Bertz CT molecular complexity index is 1910. The Morgan fingerprint density at radius 3 is 2.20 bits per heavy atom. The van der Waals surface area contributed by atoms with Crippen LogP contribution in [0.15, 0.2) is 129 Å². The molecule has 1 unspecified atom stereocenters. The van der Waals surface area contributed by atoms with E-state index in [-0.39, 0.29) is 11.3 Å². The summed E-state index contributed by atoms with van der Waals surface area (Å²) in [6.07, 6.45) is 3.86. The summed E-state index contributed by atoms with van der Waals surface area (Å²) in [5, 5.41) is 0. The van der Waals surface area contributed by atoms with Crippen molar-refractivity contribution in [2.75, 3.05) is 6.26 Å². The van der Waals surface area contributed by atoms with Gasteiger partial charge in [-0.2, -0.15) is 0 Å². The number of Topliss-reactive ketones (excluding diaryl/α,β-unsaturated/α-hetero) is 1. The lowest BCUT2D eigenvalue weighted by Crippen LogP contribution is -2.39. The fourth-order valence-electron chi connectivity index (χ4n) is 4.81. The van der Waals surface area contributed by atoms with Crippen molar-refractivity contribution in [3.8, 4) is 0 Å². The molecule has 7 heteroatoms. The van der Waals surface area contributed by atoms with Crippen molar-refractivity contribution in [3.63, 3.8) is 0 Å². The largest absolute Gasteiger partial charge is 0.289 e. The van der Waals surface area contributed by atoms with E-state index in [1.54, 1.807) is 52.7 Å². The van der Waals surface area contributed by atoms with Gasteiger partial charge in [-0.3, -0.25) is 14.2 Å². The maximum Gasteiger partial charge on any atom is 0.271 e. The maximum absolute atomic E-state index is 14.2. The molecule has 1 atom stereocenters. The van der Waals surface area contributed by atoms with Gasteiger partial charge in [-0.25, -0.2) is 9.38 Å². The number of thiazole rings is 1. The Balaban J connectivity index is 1.65. The van der Waals surface area contributed by atoms with Crippen LogP contribution in [0.25, 0.3) is 11.8 Å². The van der Waals surface area contributed by atoms with Gasteiger partial charge in [0.1, 0.15) is 5.82 Å². The zero-order valence-electron chi connectivity index (χ0n) is 21.5. The minimum Gasteiger partial charge on any atom is -0.289 e. The molecule has 4 aromatic carbocycles. The summed E-state index contributed by atoms with van der Waals surface area (Å²) in [6.45, 7) is 0. The highest BCUT2D eigenvalue weighted by atomic mass is 32.2. The fraction of sp³-hybridized carbons (Fsp3) is 0.0606. The molecule has 196 valence electrons. The van der Waals surface area contributed by atoms with E-state index in [4.69, 9.17) is 4.99 Å². The van der Waals surface area contributed by atoms with Crippen molar-refractivity contribution >= 4 is 40.7 Å². The first-order valence-electron chi connectivity index (χ1n) is 12.6. The monoisotopic (exact) mass is 562 g/mol. The summed E-state index contributed by atoms with van der Waals surface area (Å²) in [5.74, 6) is -0.632. The number of hydrogen-bond donors (Lipinski definition) is 0. The van der Waals surface area contributed by atoms with Gasteiger partial charge >= 0.3 is 0 Å². The van der Waals surface area contributed by atoms with Gasteiger partial charge in [0.15, 0.2) is 10.6 Å². The zero-order valence-corrected chi connectivity index (χ0v) is 23.1. The third-order valence-corrected chi connectivity index (χ3v) is 8.48. The Labute approximate surface area is 238 Å². The summed E-state index contributed by atoms with van der Waals surface area (Å²) < 4.78 is 16.1. The minimum absolute atomic E-state index is 0.237. The van der Waals surface area contributed by atoms with Crippen molar-refractivity contribution in [3.05, 3.63) is 163 Å². The molecule has 0 spiro atoms. The molecule has 1 aliphatic heterocycles. The number of halogens is 1. The summed E-state index contributed by atoms with van der Waals surface area (Å²) in [6, 6.07) is 31.6. The van der Waals surface area contributed by atoms with E-state index >= 15 is 0 Å². The third kappa shape index (κ3) is 4.90. The molecule has 6 rings (SSSR count). The number of nitrogens with zero attached hydrogens (tertiary/aromatic N) is 2. The number of hydrogen-bond acceptors (Lipinski definition) is 5. The van der Waals surface area contributed by atoms with Crippen molar-refractivity contribution in [2.45, 2.75) is 10.9 Å². The van der Waals surface area contributed by atoms with Crippen LogP contribution in [-0.2, 0) is 0 Å². The first-order chi connectivity index (χ1) is 19.5. The quantitative estimate of drug-likeness (QED) is 0.185. The second-order valence-electron chi connectivity index (χ2n) is 9.23. The van der Waals surface area contributed by atoms with Gasteiger partial charge in [-0.1, -0.05) is 96.3 Å². The van der Waals surface area contributed by atoms with Crippen molar-refractivity contribution in [1.29, 1.82) is 0 Å². The van der Waals surface area contributed by atoms with Gasteiger partial charge in [-0.05, 0) is 47.7 Å². The molecule has 0 bridgehead atoms. The molecule has 0 fully saturated rings. The SMILES string of the molecule is CSc1ccc(/C=c2\sc3n(c2=O)C(c2ccc(F)cc2)C(C(=O)c2ccccc2)=C(c2ccccc2)N=3)cc1. The lowest BCUT2D eigenvalue weighted by molar-refractivity contribution is 0.102. The van der Waals surface area contributed by atoms with Crippen LogP contribution in [0.4, 0.5) is 4.39 Å². The van der Waals surface area contributed by atoms with Crippen LogP contribution in [0.2, 0.25) is 0 Å². The smallest absolute Gasteiger partial charge is 0.271 e. The molecule has 1 aliphatic rings. The zero-order chi connectivity index (χ0) is 27.6. The molecule has 40 heavy (non-hydrogen) atoms. The summed E-state index contributed by atoms with van der Waals surface area (Å²) in [4.78, 5) is 34.8. The predicted molar refractivity (Wildman–Crippen MR) is 160 cm³/mol. The van der Waals surface area contributed by atoms with Crippen LogP contribution < -0.4 is 14.9 Å². The molecule has 0 saturated carbocycles. The number of carbonyl (C=O) groups is 1. The van der Waals surface area contributed by atoms with Crippen LogP contribution in [-0.4, -0.2) is 16.6 Å². The van der Waals surface area contributed by atoms with E-state index < -0.39 is 11.9 Å². The number of ketones is 1. The molecule has 0 saturated heterocycles. The van der Waals surface area contributed by atoms with Gasteiger partial charge in [0.25, 0.3) is 5.56 Å². The summed E-state index contributed by atoms with van der Waals surface area (Å²) in [7, 11) is 0. The van der Waals surface area contributed by atoms with Crippen molar-refractivity contribution in [1.82, 2.24) is 4.57 Å². The standard InChI is InChI=1S/C33H23FN2O2S2/c1-39-26-18-12-21(13-19-26)20-27-32(38)36-30(23-14-16-25(34)17-15-23)28(31(37)24-10-6-3-7-11-24)29(35-33(36)40-27)22-8-4-2-5-9-22/h2-20,30H,1H3/b27-20-. The first kappa shape index (κ1) is 25.9. The van der Waals surface area contributed by atoms with E-state index in [0.29, 0.717) is 31.7 Å². The lowest BCUT2D eigenvalue weighted by atomic mass is 9.88. The fourth-order valence-corrected chi connectivity index (χ4v) is 6.22. The van der Waals surface area contributed by atoms with Gasteiger partial charge < -0.3 is 0 Å². The molecule has 0 N–H and O–H groups in total. The number of allylic oxidation sites excluding steroid dienone is 1. The number of benzene rings is 4. The van der Waals surface area contributed by atoms with E-state index in [9.17, 15) is 14.0 Å². The minimum atomic E-state index is -0.791. The second-order valence-corrected chi connectivity index (χ2v) is 11.1. The van der Waals surface area contributed by atoms with E-state index in [1.807, 2.05) is 73.0 Å². The van der Waals surface area contributed by atoms with E-state index in [1.165, 1.54) is 23.5 Å². The highest BCUT2D eigenvalue weighted by Crippen LogP contribution is 2.36. The number of thioether (sulfide) groups is 1. The first-order valence-corrected chi connectivity index (χ1v) is 14.7. The molecule has 0 amide bonds. The number of carbonyl (C=O) groups excluding carboxylic acids is 1. The number of aromatic nitrogens is 1. The predicted octanol–water partition coefficient (Wildman–Crippen LogP) is 6.12. The molecule has 4 nitrogen and oxygen atoms in total. The molecular weight excluding hydrogens is 540 g/mol. The Hall–Kier alpha value is -4.33. The maximum atomic E-state index is 14.2. The normalized spacial score (nSPS) is 15.1. The Morgan fingerprint density at radius 1 is 0.900 bits per heavy atom. The van der Waals surface area contributed by atoms with E-state index in [0.717, 1.165) is 16.0 Å². The lowest BCUT2D eigenvalue weighted by Gasteiger charge is -2.26. The van der Waals surface area contributed by atoms with Crippen LogP contribution >= 0.6 is 23.1 Å². The summed E-state index contributed by atoms with van der Waals surface area (Å²) in [5.41, 5.74) is 3.38. The van der Waals surface area contributed by atoms with Gasteiger partial charge in [0.05, 0.1) is 21.8 Å². The van der Waals surface area contributed by atoms with Crippen LogP contribution in [0.5, 0.6) is 0 Å². The van der Waals surface area contributed by atoms with Crippen LogP contribution in [0, 0.1) is 5.82 Å².